The van der Waals surface area contributed by atoms with Gasteiger partial charge < -0.3 is 10.2 Å². The lowest BCUT2D eigenvalue weighted by Crippen LogP contribution is -2.52. The first-order valence-corrected chi connectivity index (χ1v) is 12.7. The van der Waals surface area contributed by atoms with Crippen LogP contribution in [0.5, 0.6) is 0 Å². The number of anilines is 1. The fourth-order valence-electron chi connectivity index (χ4n) is 3.27. The van der Waals surface area contributed by atoms with E-state index < -0.39 is 34.3 Å². The van der Waals surface area contributed by atoms with E-state index in [1.165, 1.54) is 23.1 Å². The molecule has 0 saturated heterocycles. The lowest BCUT2D eigenvalue weighted by atomic mass is 10.1. The van der Waals surface area contributed by atoms with Crippen molar-refractivity contribution in [3.8, 4) is 0 Å². The largest absolute Gasteiger partial charge is 0.352 e. The Bertz CT molecular complexity index is 1090. The number of hydrogen-bond donors (Lipinski definition) is 1. The predicted molar refractivity (Wildman–Crippen MR) is 128 cm³/mol. The van der Waals surface area contributed by atoms with Crippen LogP contribution in [0.25, 0.3) is 0 Å². The average molecular weight is 478 g/mol. The van der Waals surface area contributed by atoms with Crippen molar-refractivity contribution in [1.82, 2.24) is 10.2 Å². The van der Waals surface area contributed by atoms with Gasteiger partial charge in [0.2, 0.25) is 21.8 Å². The van der Waals surface area contributed by atoms with Crippen LogP contribution in [0, 0.1) is 12.7 Å². The summed E-state index contributed by atoms with van der Waals surface area (Å²) in [5, 5.41) is 2.86. The maximum atomic E-state index is 14.4. The van der Waals surface area contributed by atoms with Gasteiger partial charge in [-0.25, -0.2) is 12.8 Å². The summed E-state index contributed by atoms with van der Waals surface area (Å²) in [6, 6.07) is 11.9. The average Bonchev–Trinajstić information content (AvgIpc) is 2.76. The standard InChI is InChI=1S/C24H32FN3O4S/c1-6-18(3)26-24(30)19(4)27(15-20-12-8-7-11-17(20)2)23(29)16-28(33(5,31)32)22-14-10-9-13-21(22)25/h7-14,18-19H,6,15-16H2,1-5H3,(H,26,30). The van der Waals surface area contributed by atoms with Crippen molar-refractivity contribution in [2.45, 2.75) is 52.7 Å². The summed E-state index contributed by atoms with van der Waals surface area (Å²) in [6.07, 6.45) is 1.64. The van der Waals surface area contributed by atoms with Gasteiger partial charge in [0.1, 0.15) is 18.4 Å². The Labute approximate surface area is 195 Å². The number of carbonyl (C=O) groups excluding carboxylic acids is 2. The maximum absolute atomic E-state index is 14.4. The van der Waals surface area contributed by atoms with Crippen LogP contribution in [-0.4, -0.2) is 50.0 Å². The Balaban J connectivity index is 2.41. The van der Waals surface area contributed by atoms with E-state index in [2.05, 4.69) is 5.32 Å². The maximum Gasteiger partial charge on any atom is 0.244 e. The topological polar surface area (TPSA) is 86.8 Å². The summed E-state index contributed by atoms with van der Waals surface area (Å²) in [4.78, 5) is 27.6. The molecular formula is C24H32FN3O4S. The number of benzene rings is 2. The fourth-order valence-corrected chi connectivity index (χ4v) is 4.12. The van der Waals surface area contributed by atoms with Crippen molar-refractivity contribution in [3.05, 3.63) is 65.5 Å². The second-order valence-electron chi connectivity index (χ2n) is 8.16. The fraction of sp³-hybridized carbons (Fsp3) is 0.417. The van der Waals surface area contributed by atoms with Crippen LogP contribution >= 0.6 is 0 Å². The number of rotatable bonds is 10. The molecule has 2 atom stereocenters. The number of carbonyl (C=O) groups is 2. The molecule has 33 heavy (non-hydrogen) atoms. The summed E-state index contributed by atoms with van der Waals surface area (Å²) < 4.78 is 40.0. The molecule has 1 N–H and O–H groups in total. The lowest BCUT2D eigenvalue weighted by molar-refractivity contribution is -0.139. The van der Waals surface area contributed by atoms with Gasteiger partial charge in [0.05, 0.1) is 11.9 Å². The number of nitrogens with one attached hydrogen (secondary N) is 1. The van der Waals surface area contributed by atoms with Crippen LogP contribution < -0.4 is 9.62 Å². The monoisotopic (exact) mass is 477 g/mol. The molecule has 0 aliphatic heterocycles. The lowest BCUT2D eigenvalue weighted by Gasteiger charge is -2.32. The van der Waals surface area contributed by atoms with Gasteiger partial charge >= 0.3 is 0 Å². The summed E-state index contributed by atoms with van der Waals surface area (Å²) in [7, 11) is -3.97. The van der Waals surface area contributed by atoms with E-state index in [0.717, 1.165) is 34.2 Å². The highest BCUT2D eigenvalue weighted by atomic mass is 32.2. The molecule has 0 fully saturated rings. The molecule has 2 unspecified atom stereocenters. The zero-order chi connectivity index (χ0) is 24.8. The van der Waals surface area contributed by atoms with Crippen molar-refractivity contribution in [2.75, 3.05) is 17.1 Å². The van der Waals surface area contributed by atoms with Crippen molar-refractivity contribution in [1.29, 1.82) is 0 Å². The number of aryl methyl sites for hydroxylation is 1. The molecule has 2 amide bonds. The number of sulfonamides is 1. The van der Waals surface area contributed by atoms with Gasteiger partial charge in [0, 0.05) is 12.6 Å². The van der Waals surface area contributed by atoms with E-state index in [1.807, 2.05) is 45.0 Å². The molecule has 2 rings (SSSR count). The molecule has 0 aliphatic carbocycles. The Kier molecular flexibility index (Phi) is 8.99. The van der Waals surface area contributed by atoms with E-state index in [4.69, 9.17) is 0 Å². The molecule has 2 aromatic carbocycles. The highest BCUT2D eigenvalue weighted by molar-refractivity contribution is 7.92. The normalized spacial score (nSPS) is 13.2. The minimum Gasteiger partial charge on any atom is -0.352 e. The van der Waals surface area contributed by atoms with Crippen LogP contribution in [0.3, 0.4) is 0 Å². The molecule has 0 spiro atoms. The number of nitrogens with zero attached hydrogens (tertiary/aromatic N) is 2. The molecule has 0 bridgehead atoms. The van der Waals surface area contributed by atoms with Crippen LogP contribution in [0.4, 0.5) is 10.1 Å². The minimum atomic E-state index is -3.97. The van der Waals surface area contributed by atoms with E-state index in [0.29, 0.717) is 0 Å². The molecule has 9 heteroatoms. The third-order valence-corrected chi connectivity index (χ3v) is 6.70. The zero-order valence-corrected chi connectivity index (χ0v) is 20.5. The first kappa shape index (κ1) is 26.3. The van der Waals surface area contributed by atoms with Crippen molar-refractivity contribution in [2.24, 2.45) is 0 Å². The van der Waals surface area contributed by atoms with Gasteiger partial charge in [0.15, 0.2) is 0 Å². The molecule has 0 heterocycles. The third-order valence-electron chi connectivity index (χ3n) is 5.57. The number of para-hydroxylation sites is 1. The molecule has 0 radical (unpaired) electrons. The highest BCUT2D eigenvalue weighted by Gasteiger charge is 2.31. The van der Waals surface area contributed by atoms with Gasteiger partial charge in [-0.3, -0.25) is 13.9 Å². The highest BCUT2D eigenvalue weighted by Crippen LogP contribution is 2.22. The van der Waals surface area contributed by atoms with E-state index in [-0.39, 0.29) is 24.2 Å². The van der Waals surface area contributed by atoms with Gasteiger partial charge in [-0.15, -0.1) is 0 Å². The van der Waals surface area contributed by atoms with Crippen molar-refractivity contribution < 1.29 is 22.4 Å². The van der Waals surface area contributed by atoms with Crippen LogP contribution in [0.15, 0.2) is 48.5 Å². The Morgan fingerprint density at radius 3 is 2.24 bits per heavy atom. The first-order chi connectivity index (χ1) is 15.5. The van der Waals surface area contributed by atoms with Gasteiger partial charge in [0.25, 0.3) is 0 Å². The predicted octanol–water partition coefficient (Wildman–Crippen LogP) is 3.23. The van der Waals surface area contributed by atoms with Gasteiger partial charge in [-0.1, -0.05) is 43.3 Å². The molecule has 0 aliphatic rings. The summed E-state index contributed by atoms with van der Waals surface area (Å²) in [6.45, 7) is 6.76. The number of amides is 2. The van der Waals surface area contributed by atoms with E-state index in [1.54, 1.807) is 6.92 Å². The molecule has 180 valence electrons. The molecular weight excluding hydrogens is 445 g/mol. The molecule has 7 nitrogen and oxygen atoms in total. The van der Waals surface area contributed by atoms with Gasteiger partial charge in [-0.05, 0) is 50.5 Å². The van der Waals surface area contributed by atoms with Crippen molar-refractivity contribution in [3.63, 3.8) is 0 Å². The number of hydrogen-bond acceptors (Lipinski definition) is 4. The SMILES string of the molecule is CCC(C)NC(=O)C(C)N(Cc1ccccc1C)C(=O)CN(c1ccccc1F)S(C)(=O)=O. The quantitative estimate of drug-likeness (QED) is 0.569. The van der Waals surface area contributed by atoms with E-state index in [9.17, 15) is 22.4 Å². The minimum absolute atomic E-state index is 0.0821. The van der Waals surface area contributed by atoms with Crippen LogP contribution in [0.2, 0.25) is 0 Å². The van der Waals surface area contributed by atoms with Crippen LogP contribution in [0.1, 0.15) is 38.3 Å². The first-order valence-electron chi connectivity index (χ1n) is 10.8. The third kappa shape index (κ3) is 7.02. The second-order valence-corrected chi connectivity index (χ2v) is 10.1. The Morgan fingerprint density at radius 2 is 1.67 bits per heavy atom. The molecule has 0 saturated carbocycles. The molecule has 0 aromatic heterocycles. The Hall–Kier alpha value is -2.94. The smallest absolute Gasteiger partial charge is 0.244 e. The number of halogens is 1. The van der Waals surface area contributed by atoms with Crippen LogP contribution in [-0.2, 0) is 26.2 Å². The second kappa shape index (κ2) is 11.3. The van der Waals surface area contributed by atoms with Crippen molar-refractivity contribution >= 4 is 27.5 Å². The summed E-state index contributed by atoms with van der Waals surface area (Å²) in [5.41, 5.74) is 1.53. The van der Waals surface area contributed by atoms with Gasteiger partial charge in [-0.2, -0.15) is 0 Å². The summed E-state index contributed by atoms with van der Waals surface area (Å²) >= 11 is 0. The molecule has 2 aromatic rings. The summed E-state index contributed by atoms with van der Waals surface area (Å²) in [5.74, 6) is -1.72. The zero-order valence-electron chi connectivity index (χ0n) is 19.7. The Morgan fingerprint density at radius 1 is 1.06 bits per heavy atom. The van der Waals surface area contributed by atoms with E-state index >= 15 is 0 Å².